The molecule has 3 heterocycles. The zero-order valence-electron chi connectivity index (χ0n) is 16.6. The van der Waals surface area contributed by atoms with Crippen molar-refractivity contribution in [1.29, 1.82) is 0 Å². The van der Waals surface area contributed by atoms with E-state index in [1.54, 1.807) is 32.6 Å². The van der Waals surface area contributed by atoms with Crippen LogP contribution in [0.15, 0.2) is 57.1 Å². The number of aromatic amines is 2. The van der Waals surface area contributed by atoms with Crippen molar-refractivity contribution in [2.24, 2.45) is 0 Å². The molecule has 8 nitrogen and oxygen atoms in total. The minimum absolute atomic E-state index is 0.00353. The van der Waals surface area contributed by atoms with Crippen molar-refractivity contribution in [1.82, 2.24) is 10.2 Å². The molecular formula is C22H21N3O5. The van der Waals surface area contributed by atoms with Gasteiger partial charge in [-0.05, 0) is 42.2 Å². The third-order valence-electron chi connectivity index (χ3n) is 5.88. The minimum Gasteiger partial charge on any atom is -0.493 e. The highest BCUT2D eigenvalue weighted by Crippen LogP contribution is 2.47. The average molecular weight is 407 g/mol. The topological polar surface area (TPSA) is 109 Å². The Morgan fingerprint density at radius 1 is 1.03 bits per heavy atom. The second-order valence-corrected chi connectivity index (χ2v) is 7.48. The number of hydrogen-bond acceptors (Lipinski definition) is 6. The van der Waals surface area contributed by atoms with Crippen LogP contribution < -0.4 is 20.3 Å². The van der Waals surface area contributed by atoms with Crippen molar-refractivity contribution in [2.45, 2.75) is 24.7 Å². The number of H-pyrrole nitrogens is 2. The van der Waals surface area contributed by atoms with Gasteiger partial charge in [-0.25, -0.2) is 0 Å². The molecule has 1 aliphatic carbocycles. The minimum atomic E-state index is -0.528. The van der Waals surface area contributed by atoms with Crippen LogP contribution in [0.25, 0.3) is 0 Å². The lowest BCUT2D eigenvalue weighted by atomic mass is 9.74. The quantitative estimate of drug-likeness (QED) is 0.612. The maximum atomic E-state index is 13.3. The molecule has 2 aromatic heterocycles. The number of hydrogen-bond donors (Lipinski definition) is 3. The van der Waals surface area contributed by atoms with Crippen LogP contribution in [0.4, 0.5) is 5.82 Å². The monoisotopic (exact) mass is 407 g/mol. The predicted octanol–water partition coefficient (Wildman–Crippen LogP) is 3.27. The summed E-state index contributed by atoms with van der Waals surface area (Å²) in [7, 11) is 3.18. The highest BCUT2D eigenvalue weighted by atomic mass is 16.5. The first-order chi connectivity index (χ1) is 14.6. The van der Waals surface area contributed by atoms with Gasteiger partial charge in [0.2, 0.25) is 0 Å². The van der Waals surface area contributed by atoms with Gasteiger partial charge in [-0.15, -0.1) is 0 Å². The van der Waals surface area contributed by atoms with Gasteiger partial charge in [0.05, 0.1) is 32.0 Å². The molecule has 3 aromatic rings. The standard InChI is InChI=1S/C22H21N3O5/c1-28-15-6-5-11(10-17(15)29-2)12-8-13-18(14(26)9-12)19(16-4-3-7-30-16)20-21(23-13)24-25-22(20)27/h3-7,10,12,19H,8-9H2,1-2H3,(H3,23,24,25,27). The first-order valence-corrected chi connectivity index (χ1v) is 9.69. The van der Waals surface area contributed by atoms with E-state index in [9.17, 15) is 9.59 Å². The molecule has 1 aliphatic heterocycles. The van der Waals surface area contributed by atoms with E-state index in [0.717, 1.165) is 11.3 Å². The molecule has 1 aromatic carbocycles. The Morgan fingerprint density at radius 3 is 2.60 bits per heavy atom. The molecule has 154 valence electrons. The second kappa shape index (κ2) is 6.98. The summed E-state index contributed by atoms with van der Waals surface area (Å²) in [6.45, 7) is 0. The summed E-state index contributed by atoms with van der Waals surface area (Å²) in [5.41, 5.74) is 2.61. The Morgan fingerprint density at radius 2 is 1.87 bits per heavy atom. The van der Waals surface area contributed by atoms with Crippen molar-refractivity contribution in [3.8, 4) is 11.5 Å². The summed E-state index contributed by atoms with van der Waals surface area (Å²) in [6, 6.07) is 9.28. The molecule has 0 bridgehead atoms. The lowest BCUT2D eigenvalue weighted by Crippen LogP contribution is -2.31. The normalized spacial score (nSPS) is 20.4. The second-order valence-electron chi connectivity index (χ2n) is 7.48. The average Bonchev–Trinajstić information content (AvgIpc) is 3.42. The number of carbonyl (C=O) groups excluding carboxylic acids is 1. The van der Waals surface area contributed by atoms with Gasteiger partial charge in [-0.2, -0.15) is 0 Å². The fraction of sp³-hybridized carbons (Fsp3) is 0.273. The molecule has 0 radical (unpaired) electrons. The first kappa shape index (κ1) is 18.4. The van der Waals surface area contributed by atoms with Gasteiger partial charge in [0.25, 0.3) is 5.56 Å². The molecule has 0 amide bonds. The highest BCUT2D eigenvalue weighted by Gasteiger charge is 2.41. The first-order valence-electron chi connectivity index (χ1n) is 9.69. The van der Waals surface area contributed by atoms with Crippen LogP contribution in [0.1, 0.15) is 41.6 Å². The number of methoxy groups -OCH3 is 2. The van der Waals surface area contributed by atoms with E-state index in [4.69, 9.17) is 13.9 Å². The van der Waals surface area contributed by atoms with Gasteiger partial charge in [0, 0.05) is 17.7 Å². The SMILES string of the molecule is COc1ccc(C2CC(=O)C3=C(C2)Nc2[nH][nH]c(=O)c2C3c2ccco2)cc1OC. The zero-order valence-corrected chi connectivity index (χ0v) is 16.6. The molecule has 2 unspecified atom stereocenters. The molecule has 3 N–H and O–H groups in total. The van der Waals surface area contributed by atoms with Crippen molar-refractivity contribution < 1.29 is 18.7 Å². The Balaban J connectivity index is 1.57. The maximum absolute atomic E-state index is 13.3. The van der Waals surface area contributed by atoms with Crippen LogP contribution in [0.3, 0.4) is 0 Å². The highest BCUT2D eigenvalue weighted by molar-refractivity contribution is 6.01. The van der Waals surface area contributed by atoms with E-state index in [-0.39, 0.29) is 17.3 Å². The molecular weight excluding hydrogens is 386 g/mol. The summed E-state index contributed by atoms with van der Waals surface area (Å²) >= 11 is 0. The van der Waals surface area contributed by atoms with Crippen LogP contribution in [-0.4, -0.2) is 30.2 Å². The van der Waals surface area contributed by atoms with Crippen LogP contribution in [0, 0.1) is 0 Å². The van der Waals surface area contributed by atoms with Crippen LogP contribution in [-0.2, 0) is 4.79 Å². The van der Waals surface area contributed by atoms with Crippen molar-refractivity contribution in [2.75, 3.05) is 19.5 Å². The van der Waals surface area contributed by atoms with Gasteiger partial charge in [-0.1, -0.05) is 6.07 Å². The van der Waals surface area contributed by atoms with Gasteiger partial charge >= 0.3 is 0 Å². The zero-order chi connectivity index (χ0) is 20.8. The smallest absolute Gasteiger partial charge is 0.270 e. The van der Waals surface area contributed by atoms with Crippen LogP contribution in [0.2, 0.25) is 0 Å². The Hall–Kier alpha value is -3.68. The van der Waals surface area contributed by atoms with Gasteiger partial charge in [0.15, 0.2) is 17.3 Å². The third kappa shape index (κ3) is 2.75. The van der Waals surface area contributed by atoms with E-state index in [1.165, 1.54) is 0 Å². The molecule has 8 heteroatoms. The summed E-state index contributed by atoms with van der Waals surface area (Å²) in [4.78, 5) is 25.8. The number of carbonyl (C=O) groups is 1. The largest absolute Gasteiger partial charge is 0.493 e. The number of rotatable bonds is 4. The van der Waals surface area contributed by atoms with Crippen LogP contribution >= 0.6 is 0 Å². The summed E-state index contributed by atoms with van der Waals surface area (Å²) in [5.74, 6) is 1.87. The fourth-order valence-electron chi connectivity index (χ4n) is 4.50. The third-order valence-corrected chi connectivity index (χ3v) is 5.88. The maximum Gasteiger partial charge on any atom is 0.270 e. The summed E-state index contributed by atoms with van der Waals surface area (Å²) in [5, 5.41) is 8.76. The predicted molar refractivity (Wildman–Crippen MR) is 109 cm³/mol. The molecule has 5 rings (SSSR count). The number of Topliss-reactive ketones (excluding diaryl/α,β-unsaturated/α-hetero) is 1. The Bertz CT molecular complexity index is 1200. The summed E-state index contributed by atoms with van der Waals surface area (Å²) < 4.78 is 16.4. The number of nitrogens with one attached hydrogen (secondary N) is 3. The van der Waals surface area contributed by atoms with E-state index in [2.05, 4.69) is 15.5 Å². The lowest BCUT2D eigenvalue weighted by Gasteiger charge is -2.33. The van der Waals surface area contributed by atoms with Gasteiger partial charge in [0.1, 0.15) is 11.6 Å². The lowest BCUT2D eigenvalue weighted by molar-refractivity contribution is -0.116. The van der Waals surface area contributed by atoms with Crippen molar-refractivity contribution in [3.05, 3.63) is 75.1 Å². The number of furan rings is 1. The molecule has 0 fully saturated rings. The van der Waals surface area contributed by atoms with E-state index < -0.39 is 5.92 Å². The number of allylic oxidation sites excluding steroid dienone is 2. The number of ether oxygens (including phenoxy) is 2. The Labute approximate surface area is 171 Å². The Kier molecular flexibility index (Phi) is 4.27. The molecule has 30 heavy (non-hydrogen) atoms. The number of aromatic nitrogens is 2. The van der Waals surface area contributed by atoms with Crippen molar-refractivity contribution in [3.63, 3.8) is 0 Å². The number of anilines is 1. The molecule has 0 saturated carbocycles. The van der Waals surface area contributed by atoms with E-state index in [1.807, 2.05) is 18.2 Å². The van der Waals surface area contributed by atoms with Crippen LogP contribution in [0.5, 0.6) is 11.5 Å². The van der Waals surface area contributed by atoms with Gasteiger partial charge < -0.3 is 19.2 Å². The molecule has 2 atom stereocenters. The molecule has 0 spiro atoms. The molecule has 2 aliphatic rings. The fourth-order valence-corrected chi connectivity index (χ4v) is 4.50. The summed E-state index contributed by atoms with van der Waals surface area (Å²) in [6.07, 6.45) is 2.52. The molecule has 0 saturated heterocycles. The van der Waals surface area contributed by atoms with Gasteiger partial charge in [-0.3, -0.25) is 19.8 Å². The number of ketones is 1. The van der Waals surface area contributed by atoms with E-state index in [0.29, 0.717) is 47.1 Å². The van der Waals surface area contributed by atoms with E-state index >= 15 is 0 Å². The number of fused-ring (bicyclic) bond motifs is 1. The van der Waals surface area contributed by atoms with Crippen molar-refractivity contribution >= 4 is 11.6 Å². The number of benzene rings is 1.